The Labute approximate surface area is 139 Å². The average molecular weight is 328 g/mol. The van der Waals surface area contributed by atoms with E-state index in [1.165, 1.54) is 0 Å². The van der Waals surface area contributed by atoms with Crippen LogP contribution in [0.3, 0.4) is 0 Å². The van der Waals surface area contributed by atoms with Gasteiger partial charge in [0.05, 0.1) is 11.8 Å². The normalized spacial score (nSPS) is 23.9. The zero-order chi connectivity index (χ0) is 16.7. The SMILES string of the molecule is O=C(O)[C@@H]1CCCC[C@H]1C(=O)N1CCc2oc3ncccc3c2C1. The first-order chi connectivity index (χ1) is 11.6. The maximum absolute atomic E-state index is 13.0. The third-order valence-electron chi connectivity index (χ3n) is 5.32. The van der Waals surface area contributed by atoms with E-state index in [2.05, 4.69) is 4.98 Å². The number of carbonyl (C=O) groups is 2. The van der Waals surface area contributed by atoms with E-state index in [0.717, 1.165) is 29.6 Å². The number of hydrogen-bond acceptors (Lipinski definition) is 4. The highest BCUT2D eigenvalue weighted by Gasteiger charge is 2.39. The summed E-state index contributed by atoms with van der Waals surface area (Å²) < 4.78 is 5.78. The smallest absolute Gasteiger partial charge is 0.307 e. The molecule has 126 valence electrons. The summed E-state index contributed by atoms with van der Waals surface area (Å²) in [6.07, 6.45) is 5.44. The molecule has 0 bridgehead atoms. The number of nitrogens with zero attached hydrogens (tertiary/aromatic N) is 2. The molecular weight excluding hydrogens is 308 g/mol. The zero-order valence-electron chi connectivity index (χ0n) is 13.4. The van der Waals surface area contributed by atoms with Crippen LogP contribution in [0.25, 0.3) is 11.1 Å². The van der Waals surface area contributed by atoms with Gasteiger partial charge in [0.1, 0.15) is 5.76 Å². The van der Waals surface area contributed by atoms with Crippen molar-refractivity contribution in [1.29, 1.82) is 0 Å². The maximum Gasteiger partial charge on any atom is 0.307 e. The van der Waals surface area contributed by atoms with Crippen molar-refractivity contribution in [2.24, 2.45) is 11.8 Å². The number of rotatable bonds is 2. The van der Waals surface area contributed by atoms with E-state index >= 15 is 0 Å². The van der Waals surface area contributed by atoms with Crippen molar-refractivity contribution < 1.29 is 19.1 Å². The number of fused-ring (bicyclic) bond motifs is 3. The van der Waals surface area contributed by atoms with Crippen LogP contribution in [0.5, 0.6) is 0 Å². The van der Waals surface area contributed by atoms with E-state index in [4.69, 9.17) is 4.42 Å². The van der Waals surface area contributed by atoms with Crippen molar-refractivity contribution >= 4 is 23.0 Å². The summed E-state index contributed by atoms with van der Waals surface area (Å²) in [6, 6.07) is 3.82. The van der Waals surface area contributed by atoms with E-state index in [1.807, 2.05) is 12.1 Å². The van der Waals surface area contributed by atoms with Gasteiger partial charge in [-0.1, -0.05) is 12.8 Å². The molecule has 1 N–H and O–H groups in total. The van der Waals surface area contributed by atoms with Gasteiger partial charge in [0.25, 0.3) is 0 Å². The molecule has 24 heavy (non-hydrogen) atoms. The highest BCUT2D eigenvalue weighted by molar-refractivity contribution is 5.86. The Morgan fingerprint density at radius 3 is 2.83 bits per heavy atom. The van der Waals surface area contributed by atoms with Gasteiger partial charge in [-0.2, -0.15) is 0 Å². The molecule has 0 saturated heterocycles. The van der Waals surface area contributed by atoms with Crippen LogP contribution in [0.15, 0.2) is 22.7 Å². The Morgan fingerprint density at radius 1 is 1.25 bits per heavy atom. The monoisotopic (exact) mass is 328 g/mol. The van der Waals surface area contributed by atoms with Gasteiger partial charge >= 0.3 is 5.97 Å². The second-order valence-electron chi connectivity index (χ2n) is 6.71. The molecule has 1 aliphatic carbocycles. The summed E-state index contributed by atoms with van der Waals surface area (Å²) in [4.78, 5) is 30.5. The number of carboxylic acid groups (broad SMARTS) is 1. The van der Waals surface area contributed by atoms with Gasteiger partial charge in [-0.25, -0.2) is 4.98 Å². The minimum absolute atomic E-state index is 0.0222. The number of hydrogen-bond donors (Lipinski definition) is 1. The van der Waals surface area contributed by atoms with Crippen LogP contribution in [0.4, 0.5) is 0 Å². The summed E-state index contributed by atoms with van der Waals surface area (Å²) in [7, 11) is 0. The topological polar surface area (TPSA) is 83.6 Å². The molecule has 1 amide bonds. The average Bonchev–Trinajstić information content (AvgIpc) is 2.99. The zero-order valence-corrected chi connectivity index (χ0v) is 13.4. The Hall–Kier alpha value is -2.37. The van der Waals surface area contributed by atoms with Gasteiger partial charge < -0.3 is 14.4 Å². The highest BCUT2D eigenvalue weighted by Crippen LogP contribution is 2.34. The fraction of sp³-hybridized carbons (Fsp3) is 0.500. The highest BCUT2D eigenvalue weighted by atomic mass is 16.4. The molecule has 0 radical (unpaired) electrons. The van der Waals surface area contributed by atoms with Crippen LogP contribution in [0.1, 0.15) is 37.0 Å². The van der Waals surface area contributed by atoms with E-state index in [-0.39, 0.29) is 5.91 Å². The minimum atomic E-state index is -0.844. The van der Waals surface area contributed by atoms with Crippen LogP contribution in [-0.4, -0.2) is 33.4 Å². The van der Waals surface area contributed by atoms with Crippen molar-refractivity contribution in [2.75, 3.05) is 6.54 Å². The van der Waals surface area contributed by atoms with Crippen LogP contribution < -0.4 is 0 Å². The lowest BCUT2D eigenvalue weighted by Crippen LogP contribution is -2.44. The summed E-state index contributed by atoms with van der Waals surface area (Å²) in [5.74, 6) is -0.912. The summed E-state index contributed by atoms with van der Waals surface area (Å²) in [6.45, 7) is 1.06. The fourth-order valence-corrected chi connectivity index (χ4v) is 4.06. The number of amides is 1. The molecule has 0 spiro atoms. The lowest BCUT2D eigenvalue weighted by atomic mass is 9.78. The summed E-state index contributed by atoms with van der Waals surface area (Å²) >= 11 is 0. The second-order valence-corrected chi connectivity index (χ2v) is 6.71. The molecular formula is C18H20N2O4. The summed E-state index contributed by atoms with van der Waals surface area (Å²) in [5.41, 5.74) is 1.62. The molecule has 1 aliphatic heterocycles. The molecule has 6 nitrogen and oxygen atoms in total. The Bertz CT molecular complexity index is 797. The van der Waals surface area contributed by atoms with Gasteiger partial charge in [0.2, 0.25) is 11.6 Å². The first-order valence-corrected chi connectivity index (χ1v) is 8.52. The fourth-order valence-electron chi connectivity index (χ4n) is 4.06. The second kappa shape index (κ2) is 5.92. The number of aliphatic carboxylic acids is 1. The van der Waals surface area contributed by atoms with E-state index in [0.29, 0.717) is 38.1 Å². The third-order valence-corrected chi connectivity index (χ3v) is 5.32. The van der Waals surface area contributed by atoms with E-state index in [1.54, 1.807) is 11.1 Å². The molecule has 0 aromatic carbocycles. The molecule has 2 aliphatic rings. The molecule has 4 rings (SSSR count). The van der Waals surface area contributed by atoms with E-state index < -0.39 is 17.8 Å². The molecule has 2 aromatic heterocycles. The molecule has 3 heterocycles. The Morgan fingerprint density at radius 2 is 2.04 bits per heavy atom. The van der Waals surface area contributed by atoms with E-state index in [9.17, 15) is 14.7 Å². The number of carboxylic acids is 1. The molecule has 0 unspecified atom stereocenters. The Balaban J connectivity index is 1.59. The van der Waals surface area contributed by atoms with Gasteiger partial charge in [0, 0.05) is 36.7 Å². The maximum atomic E-state index is 13.0. The number of carbonyl (C=O) groups excluding carboxylic acids is 1. The molecule has 1 fully saturated rings. The number of pyridine rings is 1. The van der Waals surface area contributed by atoms with Gasteiger partial charge in [-0.15, -0.1) is 0 Å². The summed E-state index contributed by atoms with van der Waals surface area (Å²) in [5, 5.41) is 10.4. The number of furan rings is 1. The van der Waals surface area contributed by atoms with Crippen LogP contribution >= 0.6 is 0 Å². The van der Waals surface area contributed by atoms with Crippen molar-refractivity contribution in [3.8, 4) is 0 Å². The van der Waals surface area contributed by atoms with Crippen molar-refractivity contribution in [1.82, 2.24) is 9.88 Å². The largest absolute Gasteiger partial charge is 0.481 e. The van der Waals surface area contributed by atoms with Crippen LogP contribution in [0.2, 0.25) is 0 Å². The lowest BCUT2D eigenvalue weighted by Gasteiger charge is -2.34. The van der Waals surface area contributed by atoms with Crippen molar-refractivity contribution in [3.63, 3.8) is 0 Å². The van der Waals surface area contributed by atoms with Gasteiger partial charge in [-0.3, -0.25) is 9.59 Å². The van der Waals surface area contributed by atoms with Crippen molar-refractivity contribution in [3.05, 3.63) is 29.7 Å². The van der Waals surface area contributed by atoms with Gasteiger partial charge in [-0.05, 0) is 25.0 Å². The predicted molar refractivity (Wildman–Crippen MR) is 86.2 cm³/mol. The standard InChI is InChI=1S/C18H20N2O4/c21-17(12-4-1-2-5-13(12)18(22)23)20-9-7-15-14(10-20)11-6-3-8-19-16(11)24-15/h3,6,8,12-13H,1-2,4-5,7,9-10H2,(H,22,23)/t12-,13-/m1/s1. The lowest BCUT2D eigenvalue weighted by molar-refractivity contribution is -0.152. The van der Waals surface area contributed by atoms with Crippen LogP contribution in [0, 0.1) is 11.8 Å². The molecule has 2 aromatic rings. The quantitative estimate of drug-likeness (QED) is 0.916. The first-order valence-electron chi connectivity index (χ1n) is 8.52. The van der Waals surface area contributed by atoms with Gasteiger partial charge in [0.15, 0.2) is 0 Å². The number of aromatic nitrogens is 1. The van der Waals surface area contributed by atoms with Crippen molar-refractivity contribution in [2.45, 2.75) is 38.6 Å². The van der Waals surface area contributed by atoms with Crippen LogP contribution in [-0.2, 0) is 22.6 Å². The minimum Gasteiger partial charge on any atom is -0.481 e. The molecule has 2 atom stereocenters. The third kappa shape index (κ3) is 2.46. The molecule has 1 saturated carbocycles. The first kappa shape index (κ1) is 15.2. The Kier molecular flexibility index (Phi) is 3.75. The molecule has 6 heteroatoms. The predicted octanol–water partition coefficient (Wildman–Crippen LogP) is 2.60.